The standard InChI is InChI=1S/C28H26N4O2/c1-17-8-5-9-18(2)27(17)32-19(3)14-22(20(32)4)15-29-30-25(33)16-31-24-13-7-11-21-10-6-12-23(26(21)24)28(31)34/h5-15H,16H2,1-4H3,(H,30,33)/b29-15+. The summed E-state index contributed by atoms with van der Waals surface area (Å²) in [6.07, 6.45) is 1.66. The second kappa shape index (κ2) is 8.30. The van der Waals surface area contributed by atoms with Crippen molar-refractivity contribution >= 4 is 34.5 Å². The first-order chi connectivity index (χ1) is 16.4. The Morgan fingerprint density at radius 1 is 0.971 bits per heavy atom. The molecule has 1 aliphatic rings. The molecule has 0 fully saturated rings. The third-order valence-electron chi connectivity index (χ3n) is 6.48. The molecule has 4 aromatic rings. The van der Waals surface area contributed by atoms with E-state index >= 15 is 0 Å². The number of rotatable bonds is 5. The molecule has 2 heterocycles. The van der Waals surface area contributed by atoms with E-state index < -0.39 is 0 Å². The molecule has 0 saturated carbocycles. The molecule has 6 nitrogen and oxygen atoms in total. The topological polar surface area (TPSA) is 66.7 Å². The monoisotopic (exact) mass is 450 g/mol. The van der Waals surface area contributed by atoms with E-state index in [1.165, 1.54) is 21.7 Å². The molecule has 34 heavy (non-hydrogen) atoms. The highest BCUT2D eigenvalue weighted by molar-refractivity contribution is 6.26. The molecule has 0 unspecified atom stereocenters. The quantitative estimate of drug-likeness (QED) is 0.344. The average Bonchev–Trinajstić information content (AvgIpc) is 3.24. The van der Waals surface area contributed by atoms with Crippen LogP contribution in [0.4, 0.5) is 5.69 Å². The number of aryl methyl sites for hydroxylation is 3. The van der Waals surface area contributed by atoms with Crippen LogP contribution in [0.3, 0.4) is 0 Å². The normalized spacial score (nSPS) is 12.8. The SMILES string of the molecule is Cc1cccc(C)c1-n1c(C)cc(/C=N/NC(=O)CN2C(=O)c3cccc4cccc2c34)c1C. The first-order valence-corrected chi connectivity index (χ1v) is 11.3. The van der Waals surface area contributed by atoms with Crippen LogP contribution >= 0.6 is 0 Å². The summed E-state index contributed by atoms with van der Waals surface area (Å²) in [5.41, 5.74) is 10.6. The number of amides is 2. The van der Waals surface area contributed by atoms with Crippen molar-refractivity contribution in [3.63, 3.8) is 0 Å². The van der Waals surface area contributed by atoms with Crippen molar-refractivity contribution in [2.24, 2.45) is 5.10 Å². The molecule has 0 saturated heterocycles. The fourth-order valence-corrected chi connectivity index (χ4v) is 4.91. The molecule has 0 atom stereocenters. The second-order valence-corrected chi connectivity index (χ2v) is 8.77. The Morgan fingerprint density at radius 3 is 2.38 bits per heavy atom. The van der Waals surface area contributed by atoms with Crippen molar-refractivity contribution in [1.82, 2.24) is 9.99 Å². The minimum atomic E-state index is -0.349. The van der Waals surface area contributed by atoms with Gasteiger partial charge in [-0.15, -0.1) is 0 Å². The minimum Gasteiger partial charge on any atom is -0.317 e. The summed E-state index contributed by atoms with van der Waals surface area (Å²) in [5, 5.41) is 6.07. The van der Waals surface area contributed by atoms with Crippen LogP contribution in [-0.4, -0.2) is 29.1 Å². The fourth-order valence-electron chi connectivity index (χ4n) is 4.91. The number of aromatic nitrogens is 1. The highest BCUT2D eigenvalue weighted by Crippen LogP contribution is 2.36. The third-order valence-corrected chi connectivity index (χ3v) is 6.48. The molecule has 5 rings (SSSR count). The number of anilines is 1. The Morgan fingerprint density at radius 2 is 1.65 bits per heavy atom. The van der Waals surface area contributed by atoms with Crippen LogP contribution in [0.15, 0.2) is 65.8 Å². The molecule has 0 bridgehead atoms. The van der Waals surface area contributed by atoms with Gasteiger partial charge in [-0.05, 0) is 62.4 Å². The second-order valence-electron chi connectivity index (χ2n) is 8.77. The van der Waals surface area contributed by atoms with Crippen LogP contribution in [0.25, 0.3) is 16.5 Å². The Kier molecular flexibility index (Phi) is 5.28. The Labute approximate surface area is 198 Å². The Bertz CT molecular complexity index is 1470. The van der Waals surface area contributed by atoms with Crippen LogP contribution in [0.2, 0.25) is 0 Å². The maximum absolute atomic E-state index is 12.9. The van der Waals surface area contributed by atoms with Crippen LogP contribution in [-0.2, 0) is 4.79 Å². The van der Waals surface area contributed by atoms with Gasteiger partial charge in [0.1, 0.15) is 6.54 Å². The lowest BCUT2D eigenvalue weighted by Gasteiger charge is -2.16. The molecule has 170 valence electrons. The fraction of sp³-hybridized carbons (Fsp3) is 0.179. The zero-order valence-electron chi connectivity index (χ0n) is 19.7. The number of hydrazone groups is 1. The molecule has 0 aliphatic carbocycles. The van der Waals surface area contributed by atoms with E-state index in [1.54, 1.807) is 12.3 Å². The van der Waals surface area contributed by atoms with Gasteiger partial charge in [0.2, 0.25) is 0 Å². The molecule has 1 aliphatic heterocycles. The van der Waals surface area contributed by atoms with Gasteiger partial charge in [0.05, 0.1) is 17.6 Å². The van der Waals surface area contributed by atoms with Gasteiger partial charge in [0.25, 0.3) is 11.8 Å². The lowest BCUT2D eigenvalue weighted by atomic mass is 10.1. The van der Waals surface area contributed by atoms with E-state index in [0.29, 0.717) is 5.56 Å². The third kappa shape index (κ3) is 3.48. The number of nitrogens with one attached hydrogen (secondary N) is 1. The van der Waals surface area contributed by atoms with Crippen molar-refractivity contribution < 1.29 is 9.59 Å². The molecule has 2 amide bonds. The van der Waals surface area contributed by atoms with E-state index in [9.17, 15) is 9.59 Å². The maximum Gasteiger partial charge on any atom is 0.260 e. The molecular weight excluding hydrogens is 424 g/mol. The molecule has 3 aromatic carbocycles. The molecular formula is C28H26N4O2. The van der Waals surface area contributed by atoms with Crippen LogP contribution < -0.4 is 10.3 Å². The smallest absolute Gasteiger partial charge is 0.260 e. The molecule has 6 heteroatoms. The zero-order valence-corrected chi connectivity index (χ0v) is 19.7. The molecule has 0 radical (unpaired) electrons. The van der Waals surface area contributed by atoms with Crippen LogP contribution in [0.1, 0.15) is 38.4 Å². The number of carbonyl (C=O) groups is 2. The van der Waals surface area contributed by atoms with Gasteiger partial charge in [-0.25, -0.2) is 5.43 Å². The van der Waals surface area contributed by atoms with E-state index in [-0.39, 0.29) is 18.4 Å². The zero-order chi connectivity index (χ0) is 24.0. The number of para-hydroxylation sites is 1. The number of hydrogen-bond donors (Lipinski definition) is 1. The predicted molar refractivity (Wildman–Crippen MR) is 136 cm³/mol. The van der Waals surface area contributed by atoms with Gasteiger partial charge in [0.15, 0.2) is 0 Å². The van der Waals surface area contributed by atoms with Crippen molar-refractivity contribution in [2.75, 3.05) is 11.4 Å². The number of nitrogens with zero attached hydrogens (tertiary/aromatic N) is 3. The van der Waals surface area contributed by atoms with E-state index in [1.807, 2.05) is 37.3 Å². The highest BCUT2D eigenvalue weighted by Gasteiger charge is 2.30. The summed E-state index contributed by atoms with van der Waals surface area (Å²) in [6, 6.07) is 19.7. The summed E-state index contributed by atoms with van der Waals surface area (Å²) in [6.45, 7) is 8.22. The molecule has 1 N–H and O–H groups in total. The number of benzene rings is 3. The van der Waals surface area contributed by atoms with Gasteiger partial charge in [-0.2, -0.15) is 5.10 Å². The van der Waals surface area contributed by atoms with E-state index in [0.717, 1.165) is 33.4 Å². The minimum absolute atomic E-state index is 0.0919. The van der Waals surface area contributed by atoms with Gasteiger partial charge in [-0.3, -0.25) is 14.5 Å². The summed E-state index contributed by atoms with van der Waals surface area (Å²) in [4.78, 5) is 27.0. The van der Waals surface area contributed by atoms with Crippen molar-refractivity contribution in [3.8, 4) is 5.69 Å². The van der Waals surface area contributed by atoms with Crippen molar-refractivity contribution in [2.45, 2.75) is 27.7 Å². The van der Waals surface area contributed by atoms with Crippen LogP contribution in [0.5, 0.6) is 0 Å². The van der Waals surface area contributed by atoms with Gasteiger partial charge >= 0.3 is 0 Å². The summed E-state index contributed by atoms with van der Waals surface area (Å²) < 4.78 is 2.22. The maximum atomic E-state index is 12.9. The van der Waals surface area contributed by atoms with Gasteiger partial charge in [0, 0.05) is 27.9 Å². The number of hydrogen-bond acceptors (Lipinski definition) is 3. The van der Waals surface area contributed by atoms with Gasteiger partial charge in [-0.1, -0.05) is 42.5 Å². The lowest BCUT2D eigenvalue weighted by molar-refractivity contribution is -0.119. The summed E-state index contributed by atoms with van der Waals surface area (Å²) in [7, 11) is 0. The first-order valence-electron chi connectivity index (χ1n) is 11.3. The first kappa shape index (κ1) is 21.6. The summed E-state index contributed by atoms with van der Waals surface area (Å²) >= 11 is 0. The molecule has 1 aromatic heterocycles. The van der Waals surface area contributed by atoms with Gasteiger partial charge < -0.3 is 4.57 Å². The largest absolute Gasteiger partial charge is 0.317 e. The Hall–Kier alpha value is -4.19. The summed E-state index contributed by atoms with van der Waals surface area (Å²) in [5.74, 6) is -0.513. The van der Waals surface area contributed by atoms with Crippen LogP contribution in [0, 0.1) is 27.7 Å². The highest BCUT2D eigenvalue weighted by atomic mass is 16.2. The average molecular weight is 451 g/mol. The predicted octanol–water partition coefficient (Wildman–Crippen LogP) is 4.97. The lowest BCUT2D eigenvalue weighted by Crippen LogP contribution is -2.37. The number of carbonyl (C=O) groups excluding carboxylic acids is 2. The van der Waals surface area contributed by atoms with Crippen molar-refractivity contribution in [3.05, 3.63) is 94.3 Å². The molecule has 0 spiro atoms. The van der Waals surface area contributed by atoms with E-state index in [4.69, 9.17) is 0 Å². The van der Waals surface area contributed by atoms with E-state index in [2.05, 4.69) is 60.1 Å². The van der Waals surface area contributed by atoms with Crippen molar-refractivity contribution in [1.29, 1.82) is 0 Å². The Balaban J connectivity index is 1.33.